The van der Waals surface area contributed by atoms with E-state index in [1.165, 1.54) is 6.42 Å². The zero-order valence-corrected chi connectivity index (χ0v) is 11.3. The van der Waals surface area contributed by atoms with E-state index in [-0.39, 0.29) is 11.4 Å². The molecule has 1 fully saturated rings. The number of methoxy groups -OCH3 is 1. The first-order valence-electron chi connectivity index (χ1n) is 6.92. The maximum absolute atomic E-state index is 11.6. The number of anilines is 1. The molecular weight excluding hydrogens is 240 g/mol. The molecule has 3 rings (SSSR count). The van der Waals surface area contributed by atoms with E-state index in [4.69, 9.17) is 10.5 Å². The number of benzene rings is 1. The van der Waals surface area contributed by atoms with E-state index in [0.29, 0.717) is 6.42 Å². The van der Waals surface area contributed by atoms with Crippen LogP contribution in [0.15, 0.2) is 12.1 Å². The molecule has 1 aromatic carbocycles. The van der Waals surface area contributed by atoms with Crippen molar-refractivity contribution in [2.75, 3.05) is 12.4 Å². The Bertz CT molecular complexity index is 519. The number of hydrogen-bond acceptors (Lipinski definition) is 3. The van der Waals surface area contributed by atoms with Gasteiger partial charge in [-0.1, -0.05) is 19.3 Å². The summed E-state index contributed by atoms with van der Waals surface area (Å²) in [6.07, 6.45) is 5.92. The van der Waals surface area contributed by atoms with Crippen molar-refractivity contribution in [1.29, 1.82) is 0 Å². The lowest BCUT2D eigenvalue weighted by molar-refractivity contribution is -0.115. The lowest BCUT2D eigenvalue weighted by Gasteiger charge is -2.35. The molecule has 102 valence electrons. The van der Waals surface area contributed by atoms with Crippen molar-refractivity contribution in [1.82, 2.24) is 0 Å². The van der Waals surface area contributed by atoms with E-state index in [1.807, 2.05) is 12.1 Å². The SMILES string of the molecule is COc1cc2c(c(C3(N)CCCCC3)c1)NC(=O)C2. The van der Waals surface area contributed by atoms with Crippen LogP contribution in [0.3, 0.4) is 0 Å². The molecule has 1 aliphatic heterocycles. The maximum atomic E-state index is 11.6. The van der Waals surface area contributed by atoms with Crippen LogP contribution < -0.4 is 15.8 Å². The molecule has 0 atom stereocenters. The summed E-state index contributed by atoms with van der Waals surface area (Å²) in [6.45, 7) is 0. The summed E-state index contributed by atoms with van der Waals surface area (Å²) in [7, 11) is 1.65. The van der Waals surface area contributed by atoms with Crippen LogP contribution in [-0.2, 0) is 16.8 Å². The summed E-state index contributed by atoms with van der Waals surface area (Å²) < 4.78 is 5.36. The molecule has 0 radical (unpaired) electrons. The molecule has 0 aromatic heterocycles. The summed E-state index contributed by atoms with van der Waals surface area (Å²) in [5.74, 6) is 0.838. The van der Waals surface area contributed by atoms with Gasteiger partial charge in [-0.3, -0.25) is 4.79 Å². The Kier molecular flexibility index (Phi) is 2.97. The predicted octanol–water partition coefficient (Wildman–Crippen LogP) is 2.31. The van der Waals surface area contributed by atoms with Gasteiger partial charge in [0.15, 0.2) is 0 Å². The second-order valence-electron chi connectivity index (χ2n) is 5.65. The fourth-order valence-electron chi connectivity index (χ4n) is 3.28. The molecule has 0 saturated heterocycles. The number of carbonyl (C=O) groups is 1. The predicted molar refractivity (Wildman–Crippen MR) is 74.3 cm³/mol. The Morgan fingerprint density at radius 2 is 2.00 bits per heavy atom. The Hall–Kier alpha value is -1.55. The first kappa shape index (κ1) is 12.5. The molecule has 19 heavy (non-hydrogen) atoms. The van der Waals surface area contributed by atoms with Gasteiger partial charge >= 0.3 is 0 Å². The zero-order chi connectivity index (χ0) is 13.5. The largest absolute Gasteiger partial charge is 0.497 e. The second kappa shape index (κ2) is 4.53. The summed E-state index contributed by atoms with van der Waals surface area (Å²) in [5, 5.41) is 2.97. The molecule has 1 aromatic rings. The monoisotopic (exact) mass is 260 g/mol. The van der Waals surface area contributed by atoms with Gasteiger partial charge in [0, 0.05) is 11.2 Å². The highest BCUT2D eigenvalue weighted by Crippen LogP contribution is 2.43. The minimum Gasteiger partial charge on any atom is -0.497 e. The van der Waals surface area contributed by atoms with Crippen LogP contribution in [0, 0.1) is 0 Å². The number of rotatable bonds is 2. The summed E-state index contributed by atoms with van der Waals surface area (Å²) >= 11 is 0. The Morgan fingerprint density at radius 1 is 1.26 bits per heavy atom. The number of hydrogen-bond donors (Lipinski definition) is 2. The third kappa shape index (κ3) is 2.10. The van der Waals surface area contributed by atoms with Gasteiger partial charge < -0.3 is 15.8 Å². The second-order valence-corrected chi connectivity index (χ2v) is 5.65. The van der Waals surface area contributed by atoms with E-state index in [2.05, 4.69) is 5.32 Å². The van der Waals surface area contributed by atoms with Crippen molar-refractivity contribution in [3.05, 3.63) is 23.3 Å². The van der Waals surface area contributed by atoms with Crippen molar-refractivity contribution in [2.24, 2.45) is 5.73 Å². The van der Waals surface area contributed by atoms with Crippen LogP contribution in [0.5, 0.6) is 5.75 Å². The van der Waals surface area contributed by atoms with Gasteiger partial charge in [0.25, 0.3) is 0 Å². The van der Waals surface area contributed by atoms with Gasteiger partial charge in [-0.25, -0.2) is 0 Å². The van der Waals surface area contributed by atoms with Crippen molar-refractivity contribution < 1.29 is 9.53 Å². The van der Waals surface area contributed by atoms with Crippen LogP contribution in [0.25, 0.3) is 0 Å². The van der Waals surface area contributed by atoms with E-state index in [0.717, 1.165) is 48.2 Å². The number of fused-ring (bicyclic) bond motifs is 1. The molecular formula is C15H20N2O2. The molecule has 0 bridgehead atoms. The Morgan fingerprint density at radius 3 is 2.68 bits per heavy atom. The molecule has 3 N–H and O–H groups in total. The molecule has 1 heterocycles. The third-order valence-electron chi connectivity index (χ3n) is 4.33. The van der Waals surface area contributed by atoms with Crippen molar-refractivity contribution in [3.8, 4) is 5.75 Å². The van der Waals surface area contributed by atoms with Crippen molar-refractivity contribution in [3.63, 3.8) is 0 Å². The number of nitrogens with one attached hydrogen (secondary N) is 1. The van der Waals surface area contributed by atoms with E-state index >= 15 is 0 Å². The van der Waals surface area contributed by atoms with E-state index < -0.39 is 0 Å². The van der Waals surface area contributed by atoms with Crippen molar-refractivity contribution >= 4 is 11.6 Å². The third-order valence-corrected chi connectivity index (χ3v) is 4.33. The molecule has 2 aliphatic rings. The molecule has 1 aliphatic carbocycles. The average Bonchev–Trinajstić information content (AvgIpc) is 2.78. The molecule has 4 nitrogen and oxygen atoms in total. The maximum Gasteiger partial charge on any atom is 0.228 e. The zero-order valence-electron chi connectivity index (χ0n) is 11.3. The molecule has 1 amide bonds. The average molecular weight is 260 g/mol. The first-order chi connectivity index (χ1) is 9.12. The molecule has 0 spiro atoms. The molecule has 1 saturated carbocycles. The van der Waals surface area contributed by atoms with Gasteiger partial charge in [0.05, 0.1) is 13.5 Å². The fraction of sp³-hybridized carbons (Fsp3) is 0.533. The van der Waals surface area contributed by atoms with Crippen LogP contribution in [0.4, 0.5) is 5.69 Å². The molecule has 4 heteroatoms. The number of amides is 1. The quantitative estimate of drug-likeness (QED) is 0.857. The summed E-state index contributed by atoms with van der Waals surface area (Å²) in [6, 6.07) is 3.93. The highest BCUT2D eigenvalue weighted by molar-refractivity contribution is 6.00. The van der Waals surface area contributed by atoms with Gasteiger partial charge in [0.1, 0.15) is 5.75 Å². The topological polar surface area (TPSA) is 64.3 Å². The van der Waals surface area contributed by atoms with E-state index in [9.17, 15) is 4.79 Å². The Labute approximate surface area is 113 Å². The number of nitrogens with two attached hydrogens (primary N) is 1. The minimum atomic E-state index is -0.325. The summed E-state index contributed by atoms with van der Waals surface area (Å²) in [4.78, 5) is 11.6. The highest BCUT2D eigenvalue weighted by Gasteiger charge is 2.35. The summed E-state index contributed by atoms with van der Waals surface area (Å²) in [5.41, 5.74) is 9.27. The highest BCUT2D eigenvalue weighted by atomic mass is 16.5. The van der Waals surface area contributed by atoms with Crippen molar-refractivity contribution in [2.45, 2.75) is 44.1 Å². The number of ether oxygens (including phenoxy) is 1. The van der Waals surface area contributed by atoms with Gasteiger partial charge in [-0.05, 0) is 36.1 Å². The smallest absolute Gasteiger partial charge is 0.228 e. The number of carbonyl (C=O) groups excluding carboxylic acids is 1. The first-order valence-corrected chi connectivity index (χ1v) is 6.92. The minimum absolute atomic E-state index is 0.0453. The Balaban J connectivity index is 2.09. The van der Waals surface area contributed by atoms with E-state index in [1.54, 1.807) is 7.11 Å². The van der Waals surface area contributed by atoms with Crippen LogP contribution in [0.1, 0.15) is 43.2 Å². The van der Waals surface area contributed by atoms with Crippen LogP contribution >= 0.6 is 0 Å². The fourth-order valence-corrected chi connectivity index (χ4v) is 3.28. The van der Waals surface area contributed by atoms with Crippen LogP contribution in [-0.4, -0.2) is 13.0 Å². The van der Waals surface area contributed by atoms with Crippen LogP contribution in [0.2, 0.25) is 0 Å². The van der Waals surface area contributed by atoms with Gasteiger partial charge in [0.2, 0.25) is 5.91 Å². The standard InChI is InChI=1S/C15H20N2O2/c1-19-11-7-10-8-13(18)17-14(10)12(9-11)15(16)5-3-2-4-6-15/h7,9H,2-6,8,16H2,1H3,(H,17,18). The van der Waals surface area contributed by atoms with Gasteiger partial charge in [-0.15, -0.1) is 0 Å². The lowest BCUT2D eigenvalue weighted by Crippen LogP contribution is -2.39. The lowest BCUT2D eigenvalue weighted by atomic mass is 9.76. The molecule has 0 unspecified atom stereocenters. The van der Waals surface area contributed by atoms with Gasteiger partial charge in [-0.2, -0.15) is 0 Å². The normalized spacial score (nSPS) is 20.8.